The van der Waals surface area contributed by atoms with Crippen LogP contribution in [0.15, 0.2) is 39.2 Å². The van der Waals surface area contributed by atoms with Crippen molar-refractivity contribution in [1.82, 2.24) is 0 Å². The van der Waals surface area contributed by atoms with E-state index >= 15 is 0 Å². The third-order valence-corrected chi connectivity index (χ3v) is 3.03. The molecule has 0 bridgehead atoms. The summed E-state index contributed by atoms with van der Waals surface area (Å²) in [4.78, 5) is 11.1. The Morgan fingerprint density at radius 1 is 1.25 bits per heavy atom. The van der Waals surface area contributed by atoms with Gasteiger partial charge in [0.15, 0.2) is 11.5 Å². The van der Waals surface area contributed by atoms with E-state index in [1.54, 1.807) is 6.07 Å². The largest absolute Gasteiger partial charge is 0.453 e. The van der Waals surface area contributed by atoms with Crippen LogP contribution in [0.1, 0.15) is 23.0 Å². The highest BCUT2D eigenvalue weighted by Gasteiger charge is 2.10. The summed E-state index contributed by atoms with van der Waals surface area (Å²) in [5.41, 5.74) is 2.12. The van der Waals surface area contributed by atoms with E-state index in [0.717, 1.165) is 15.6 Å². The molecule has 82 valence electrons. The molecule has 16 heavy (non-hydrogen) atoms. The van der Waals surface area contributed by atoms with Gasteiger partial charge in [-0.2, -0.15) is 0 Å². The number of carbonyl (C=O) groups excluding carboxylic acids is 1. The summed E-state index contributed by atoms with van der Waals surface area (Å²) in [6.07, 6.45) is 0. The van der Waals surface area contributed by atoms with Crippen LogP contribution in [-0.2, 0) is 0 Å². The summed E-state index contributed by atoms with van der Waals surface area (Å²) in [7, 11) is 0. The number of hydrogen-bond acceptors (Lipinski definition) is 2. The standard InChI is InChI=1S/C13H11BrO2/c1-8-3-4-11(14)10(7-8)13-6-5-12(16-13)9(2)15/h3-7H,1-2H3. The van der Waals surface area contributed by atoms with Crippen molar-refractivity contribution in [2.75, 3.05) is 0 Å². The van der Waals surface area contributed by atoms with Crippen LogP contribution in [0, 0.1) is 6.92 Å². The highest BCUT2D eigenvalue weighted by Crippen LogP contribution is 2.30. The number of aryl methyl sites for hydroxylation is 1. The van der Waals surface area contributed by atoms with Crippen LogP contribution in [0.3, 0.4) is 0 Å². The van der Waals surface area contributed by atoms with Crippen molar-refractivity contribution in [3.63, 3.8) is 0 Å². The van der Waals surface area contributed by atoms with Gasteiger partial charge in [-0.05, 0) is 31.2 Å². The van der Waals surface area contributed by atoms with E-state index in [1.165, 1.54) is 6.92 Å². The Labute approximate surface area is 102 Å². The maximum Gasteiger partial charge on any atom is 0.194 e. The zero-order chi connectivity index (χ0) is 11.7. The Morgan fingerprint density at radius 2 is 2.00 bits per heavy atom. The van der Waals surface area contributed by atoms with Crippen LogP contribution in [0.2, 0.25) is 0 Å². The first-order chi connectivity index (χ1) is 7.58. The minimum absolute atomic E-state index is 0.0602. The maximum atomic E-state index is 11.1. The normalized spacial score (nSPS) is 10.4. The number of halogens is 1. The van der Waals surface area contributed by atoms with Gasteiger partial charge >= 0.3 is 0 Å². The zero-order valence-electron chi connectivity index (χ0n) is 9.08. The summed E-state index contributed by atoms with van der Waals surface area (Å²) in [5.74, 6) is 1.04. The monoisotopic (exact) mass is 278 g/mol. The topological polar surface area (TPSA) is 30.2 Å². The van der Waals surface area contributed by atoms with Crippen LogP contribution >= 0.6 is 15.9 Å². The van der Waals surface area contributed by atoms with E-state index in [0.29, 0.717) is 11.5 Å². The molecule has 0 aliphatic carbocycles. The molecule has 0 aliphatic rings. The Kier molecular flexibility index (Phi) is 2.97. The third kappa shape index (κ3) is 2.09. The second-order valence-electron chi connectivity index (χ2n) is 3.70. The molecule has 0 amide bonds. The Bertz CT molecular complexity index is 541. The van der Waals surface area contributed by atoms with Crippen LogP contribution < -0.4 is 0 Å². The third-order valence-electron chi connectivity index (χ3n) is 2.34. The molecule has 0 aliphatic heterocycles. The van der Waals surface area contributed by atoms with Gasteiger partial charge in [0.25, 0.3) is 0 Å². The predicted octanol–water partition coefficient (Wildman–Crippen LogP) is 4.22. The van der Waals surface area contributed by atoms with Crippen LogP contribution in [0.5, 0.6) is 0 Å². The lowest BCUT2D eigenvalue weighted by molar-refractivity contribution is 0.0988. The summed E-state index contributed by atoms with van der Waals surface area (Å²) in [5, 5.41) is 0. The number of ketones is 1. The van der Waals surface area contributed by atoms with Gasteiger partial charge < -0.3 is 4.42 Å². The molecule has 0 radical (unpaired) electrons. The summed E-state index contributed by atoms with van der Waals surface area (Å²) < 4.78 is 6.45. The molecule has 0 spiro atoms. The average molecular weight is 279 g/mol. The molecular weight excluding hydrogens is 268 g/mol. The highest BCUT2D eigenvalue weighted by molar-refractivity contribution is 9.10. The highest BCUT2D eigenvalue weighted by atomic mass is 79.9. The van der Waals surface area contributed by atoms with Gasteiger partial charge in [0, 0.05) is 17.0 Å². The van der Waals surface area contributed by atoms with Crippen molar-refractivity contribution >= 4 is 21.7 Å². The molecule has 2 nitrogen and oxygen atoms in total. The van der Waals surface area contributed by atoms with E-state index in [9.17, 15) is 4.79 Å². The van der Waals surface area contributed by atoms with Crippen molar-refractivity contribution in [2.24, 2.45) is 0 Å². The van der Waals surface area contributed by atoms with Crippen molar-refractivity contribution < 1.29 is 9.21 Å². The van der Waals surface area contributed by atoms with Crippen molar-refractivity contribution in [3.8, 4) is 11.3 Å². The quantitative estimate of drug-likeness (QED) is 0.770. The van der Waals surface area contributed by atoms with Crippen molar-refractivity contribution in [3.05, 3.63) is 46.1 Å². The first kappa shape index (κ1) is 11.1. The molecule has 2 rings (SSSR count). The molecule has 1 aromatic heterocycles. The molecule has 0 atom stereocenters. The van der Waals surface area contributed by atoms with Gasteiger partial charge in [0.1, 0.15) is 5.76 Å². The molecule has 0 N–H and O–H groups in total. The van der Waals surface area contributed by atoms with Gasteiger partial charge in [-0.25, -0.2) is 0 Å². The molecule has 0 saturated heterocycles. The second kappa shape index (κ2) is 4.26. The molecule has 3 heteroatoms. The second-order valence-corrected chi connectivity index (χ2v) is 4.56. The van der Waals surface area contributed by atoms with E-state index in [-0.39, 0.29) is 5.78 Å². The smallest absolute Gasteiger partial charge is 0.194 e. The molecular formula is C13H11BrO2. The van der Waals surface area contributed by atoms with Crippen molar-refractivity contribution in [1.29, 1.82) is 0 Å². The van der Waals surface area contributed by atoms with Crippen molar-refractivity contribution in [2.45, 2.75) is 13.8 Å². The lowest BCUT2D eigenvalue weighted by atomic mass is 10.1. The van der Waals surface area contributed by atoms with E-state index in [2.05, 4.69) is 15.9 Å². The van der Waals surface area contributed by atoms with Crippen LogP contribution in [0.4, 0.5) is 0 Å². The Balaban J connectivity index is 2.50. The van der Waals surface area contributed by atoms with E-state index < -0.39 is 0 Å². The summed E-state index contributed by atoms with van der Waals surface area (Å²) in [6, 6.07) is 9.53. The Hall–Kier alpha value is -1.35. The van der Waals surface area contributed by atoms with Crippen LogP contribution in [-0.4, -0.2) is 5.78 Å². The summed E-state index contributed by atoms with van der Waals surface area (Å²) >= 11 is 3.47. The zero-order valence-corrected chi connectivity index (χ0v) is 10.7. The summed E-state index contributed by atoms with van der Waals surface area (Å²) in [6.45, 7) is 3.51. The number of Topliss-reactive ketones (excluding diaryl/α,β-unsaturated/α-hetero) is 1. The number of benzene rings is 1. The van der Waals surface area contributed by atoms with E-state index in [4.69, 9.17) is 4.42 Å². The lowest BCUT2D eigenvalue weighted by Crippen LogP contribution is -1.86. The van der Waals surface area contributed by atoms with Gasteiger partial charge in [0.2, 0.25) is 0 Å². The number of hydrogen-bond donors (Lipinski definition) is 0. The van der Waals surface area contributed by atoms with Gasteiger partial charge in [-0.1, -0.05) is 27.6 Å². The lowest BCUT2D eigenvalue weighted by Gasteiger charge is -2.02. The van der Waals surface area contributed by atoms with E-state index in [1.807, 2.05) is 31.2 Å². The fraction of sp³-hybridized carbons (Fsp3) is 0.154. The predicted molar refractivity (Wildman–Crippen MR) is 66.6 cm³/mol. The van der Waals surface area contributed by atoms with Gasteiger partial charge in [-0.15, -0.1) is 0 Å². The number of rotatable bonds is 2. The fourth-order valence-electron chi connectivity index (χ4n) is 1.50. The average Bonchev–Trinajstić information content (AvgIpc) is 2.70. The minimum Gasteiger partial charge on any atom is -0.453 e. The number of carbonyl (C=O) groups is 1. The molecule has 1 aromatic carbocycles. The van der Waals surface area contributed by atoms with Gasteiger partial charge in [-0.3, -0.25) is 4.79 Å². The molecule has 1 heterocycles. The first-order valence-corrected chi connectivity index (χ1v) is 5.74. The van der Waals surface area contributed by atoms with Gasteiger partial charge in [0.05, 0.1) is 0 Å². The SMILES string of the molecule is CC(=O)c1ccc(-c2cc(C)ccc2Br)o1. The Morgan fingerprint density at radius 3 is 2.62 bits per heavy atom. The maximum absolute atomic E-state index is 11.1. The number of furan rings is 1. The fourth-order valence-corrected chi connectivity index (χ4v) is 1.94. The first-order valence-electron chi connectivity index (χ1n) is 4.95. The minimum atomic E-state index is -0.0602. The molecule has 0 unspecified atom stereocenters. The molecule has 2 aromatic rings. The molecule has 0 fully saturated rings. The van der Waals surface area contributed by atoms with Crippen LogP contribution in [0.25, 0.3) is 11.3 Å². The molecule has 0 saturated carbocycles.